The first-order valence-electron chi connectivity index (χ1n) is 10.8. The highest BCUT2D eigenvalue weighted by Gasteiger charge is 2.39. The maximum Gasteiger partial charge on any atom is 0.0208 e. The van der Waals surface area contributed by atoms with Crippen LogP contribution >= 0.6 is 0 Å². The van der Waals surface area contributed by atoms with Crippen molar-refractivity contribution in [2.45, 2.75) is 76.7 Å². The number of aryl methyl sites for hydroxylation is 1. The Morgan fingerprint density at radius 3 is 2.52 bits per heavy atom. The number of rotatable bonds is 2. The van der Waals surface area contributed by atoms with E-state index in [2.05, 4.69) is 35.3 Å². The monoisotopic (exact) mass is 340 g/mol. The van der Waals surface area contributed by atoms with E-state index in [1.54, 1.807) is 11.1 Å². The van der Waals surface area contributed by atoms with E-state index in [4.69, 9.17) is 0 Å². The van der Waals surface area contributed by atoms with Crippen molar-refractivity contribution in [1.82, 2.24) is 10.2 Å². The zero-order chi connectivity index (χ0) is 17.1. The fourth-order valence-electron chi connectivity index (χ4n) is 5.62. The van der Waals surface area contributed by atoms with Gasteiger partial charge in [-0.2, -0.15) is 0 Å². The van der Waals surface area contributed by atoms with Crippen LogP contribution in [0.25, 0.3) is 0 Å². The van der Waals surface area contributed by atoms with Crippen LogP contribution in [0.15, 0.2) is 18.2 Å². The van der Waals surface area contributed by atoms with Gasteiger partial charge < -0.3 is 10.2 Å². The molecule has 2 heterocycles. The van der Waals surface area contributed by atoms with Gasteiger partial charge >= 0.3 is 0 Å². The summed E-state index contributed by atoms with van der Waals surface area (Å²) in [7, 11) is 0. The maximum absolute atomic E-state index is 3.72. The van der Waals surface area contributed by atoms with Crippen molar-refractivity contribution < 1.29 is 0 Å². The number of piperidine rings is 1. The Morgan fingerprint density at radius 2 is 1.76 bits per heavy atom. The van der Waals surface area contributed by atoms with Gasteiger partial charge in [-0.15, -0.1) is 0 Å². The van der Waals surface area contributed by atoms with Crippen molar-refractivity contribution in [3.8, 4) is 0 Å². The van der Waals surface area contributed by atoms with Crippen LogP contribution in [0.4, 0.5) is 0 Å². The summed E-state index contributed by atoms with van der Waals surface area (Å²) < 4.78 is 0. The van der Waals surface area contributed by atoms with Gasteiger partial charge in [0, 0.05) is 25.0 Å². The lowest BCUT2D eigenvalue weighted by Crippen LogP contribution is -2.51. The molecule has 138 valence electrons. The van der Waals surface area contributed by atoms with Crippen LogP contribution < -0.4 is 5.32 Å². The smallest absolute Gasteiger partial charge is 0.0208 e. The zero-order valence-electron chi connectivity index (χ0n) is 16.2. The second kappa shape index (κ2) is 7.80. The van der Waals surface area contributed by atoms with E-state index in [1.807, 2.05) is 0 Å². The van der Waals surface area contributed by atoms with Crippen molar-refractivity contribution in [3.63, 3.8) is 0 Å². The van der Waals surface area contributed by atoms with Gasteiger partial charge in [-0.05, 0) is 62.7 Å². The topological polar surface area (TPSA) is 15.3 Å². The number of fused-ring (bicyclic) bond motifs is 2. The van der Waals surface area contributed by atoms with E-state index in [0.717, 1.165) is 12.5 Å². The van der Waals surface area contributed by atoms with Crippen LogP contribution in [0.3, 0.4) is 0 Å². The highest BCUT2D eigenvalue weighted by Crippen LogP contribution is 2.40. The SMILES string of the molecule is Cc1ccc2c(c1)CNCC21CCN(CC2CCCCCCC2)CC1. The first-order chi connectivity index (χ1) is 12.3. The molecule has 0 unspecified atom stereocenters. The molecule has 0 bridgehead atoms. The summed E-state index contributed by atoms with van der Waals surface area (Å²) in [6.45, 7) is 8.42. The van der Waals surface area contributed by atoms with Gasteiger partial charge in [0.2, 0.25) is 0 Å². The van der Waals surface area contributed by atoms with E-state index < -0.39 is 0 Å². The van der Waals surface area contributed by atoms with Gasteiger partial charge in [0.1, 0.15) is 0 Å². The Balaban J connectivity index is 1.38. The third-order valence-corrected chi connectivity index (χ3v) is 7.17. The summed E-state index contributed by atoms with van der Waals surface area (Å²) in [5, 5.41) is 3.72. The molecule has 4 rings (SSSR count). The summed E-state index contributed by atoms with van der Waals surface area (Å²) in [5.41, 5.74) is 5.01. The molecule has 3 aliphatic rings. The van der Waals surface area contributed by atoms with Crippen LogP contribution in [-0.4, -0.2) is 31.1 Å². The quantitative estimate of drug-likeness (QED) is 0.832. The summed E-state index contributed by atoms with van der Waals surface area (Å²) in [6, 6.07) is 7.17. The third-order valence-electron chi connectivity index (χ3n) is 7.17. The lowest BCUT2D eigenvalue weighted by molar-refractivity contribution is 0.125. The summed E-state index contributed by atoms with van der Waals surface area (Å²) in [6.07, 6.45) is 13.0. The summed E-state index contributed by atoms with van der Waals surface area (Å²) in [5.74, 6) is 0.966. The minimum Gasteiger partial charge on any atom is -0.312 e. The molecule has 1 spiro atoms. The fraction of sp³-hybridized carbons (Fsp3) is 0.739. The third kappa shape index (κ3) is 3.95. The maximum atomic E-state index is 3.72. The van der Waals surface area contributed by atoms with Gasteiger partial charge in [-0.3, -0.25) is 0 Å². The Bertz CT molecular complexity index is 563. The van der Waals surface area contributed by atoms with Crippen molar-refractivity contribution in [1.29, 1.82) is 0 Å². The molecule has 2 aliphatic heterocycles. The summed E-state index contributed by atoms with van der Waals surface area (Å²) in [4.78, 5) is 2.79. The highest BCUT2D eigenvalue weighted by atomic mass is 15.1. The molecular weight excluding hydrogens is 304 g/mol. The van der Waals surface area contributed by atoms with Crippen LogP contribution in [-0.2, 0) is 12.0 Å². The molecular formula is C23H36N2. The Labute approximate surface area is 154 Å². The molecule has 1 aromatic rings. The predicted octanol–water partition coefficient (Wildman–Crippen LogP) is 4.79. The highest BCUT2D eigenvalue weighted by molar-refractivity contribution is 5.40. The van der Waals surface area contributed by atoms with Crippen LogP contribution in [0.5, 0.6) is 0 Å². The normalized spacial score (nSPS) is 25.3. The standard InChI is InChI=1S/C23H36N2/c1-19-9-10-22-21(15-19)16-24-18-23(22)11-13-25(14-12-23)17-20-7-5-3-2-4-6-8-20/h9-10,15,20,24H,2-8,11-14,16-18H2,1H3. The average Bonchev–Trinajstić information content (AvgIpc) is 2.59. The number of nitrogens with one attached hydrogen (secondary N) is 1. The van der Waals surface area contributed by atoms with Gasteiger partial charge in [0.25, 0.3) is 0 Å². The summed E-state index contributed by atoms with van der Waals surface area (Å²) >= 11 is 0. The van der Waals surface area contributed by atoms with E-state index in [9.17, 15) is 0 Å². The Hall–Kier alpha value is -0.860. The van der Waals surface area contributed by atoms with Crippen molar-refractivity contribution in [2.75, 3.05) is 26.2 Å². The van der Waals surface area contributed by atoms with Crippen molar-refractivity contribution in [2.24, 2.45) is 5.92 Å². The number of nitrogens with zero attached hydrogens (tertiary/aromatic N) is 1. The van der Waals surface area contributed by atoms with Gasteiger partial charge in [0.15, 0.2) is 0 Å². The molecule has 1 saturated heterocycles. The predicted molar refractivity (Wildman–Crippen MR) is 106 cm³/mol. The molecule has 1 N–H and O–H groups in total. The molecule has 2 heteroatoms. The molecule has 0 radical (unpaired) electrons. The van der Waals surface area contributed by atoms with Gasteiger partial charge in [-0.25, -0.2) is 0 Å². The van der Waals surface area contributed by atoms with E-state index >= 15 is 0 Å². The van der Waals surface area contributed by atoms with E-state index in [1.165, 1.54) is 89.5 Å². The Kier molecular flexibility index (Phi) is 5.47. The molecule has 2 fully saturated rings. The largest absolute Gasteiger partial charge is 0.312 e. The molecule has 0 atom stereocenters. The van der Waals surface area contributed by atoms with Crippen LogP contribution in [0.1, 0.15) is 74.5 Å². The van der Waals surface area contributed by atoms with Crippen molar-refractivity contribution in [3.05, 3.63) is 34.9 Å². The first kappa shape index (κ1) is 17.5. The second-order valence-corrected chi connectivity index (χ2v) is 9.06. The lowest BCUT2D eigenvalue weighted by Gasteiger charge is -2.46. The molecule has 2 nitrogen and oxygen atoms in total. The molecule has 0 amide bonds. The zero-order valence-corrected chi connectivity index (χ0v) is 16.2. The fourth-order valence-corrected chi connectivity index (χ4v) is 5.62. The molecule has 1 saturated carbocycles. The number of hydrogen-bond donors (Lipinski definition) is 1. The Morgan fingerprint density at radius 1 is 1.04 bits per heavy atom. The van der Waals surface area contributed by atoms with Crippen molar-refractivity contribution >= 4 is 0 Å². The second-order valence-electron chi connectivity index (χ2n) is 9.06. The molecule has 1 aliphatic carbocycles. The van der Waals surface area contributed by atoms with E-state index in [0.29, 0.717) is 5.41 Å². The number of benzene rings is 1. The van der Waals surface area contributed by atoms with E-state index in [-0.39, 0.29) is 0 Å². The molecule has 1 aromatic carbocycles. The average molecular weight is 341 g/mol. The molecule has 0 aromatic heterocycles. The minimum atomic E-state index is 0.402. The molecule has 25 heavy (non-hydrogen) atoms. The number of hydrogen-bond acceptors (Lipinski definition) is 2. The lowest BCUT2D eigenvalue weighted by atomic mass is 9.69. The van der Waals surface area contributed by atoms with Crippen LogP contribution in [0.2, 0.25) is 0 Å². The minimum absolute atomic E-state index is 0.402. The van der Waals surface area contributed by atoms with Gasteiger partial charge in [0.05, 0.1) is 0 Å². The number of likely N-dealkylation sites (tertiary alicyclic amines) is 1. The van der Waals surface area contributed by atoms with Crippen LogP contribution in [0, 0.1) is 12.8 Å². The first-order valence-corrected chi connectivity index (χ1v) is 10.8. The van der Waals surface area contributed by atoms with Gasteiger partial charge in [-0.1, -0.05) is 55.9 Å².